The maximum atomic E-state index is 2.49. The molecule has 4 heteroatoms. The number of anilines is 6. The summed E-state index contributed by atoms with van der Waals surface area (Å²) in [4.78, 5) is 4.91. The van der Waals surface area contributed by atoms with E-state index in [-0.39, 0.29) is 5.41 Å². The molecule has 670 valence electrons. The number of hydrogen-bond donors (Lipinski definition) is 0. The predicted octanol–water partition coefficient (Wildman–Crippen LogP) is 37.1. The van der Waals surface area contributed by atoms with Crippen LogP contribution in [0.15, 0.2) is 522 Å². The molecule has 22 aromatic carbocycles. The number of para-hydroxylation sites is 4. The summed E-state index contributed by atoms with van der Waals surface area (Å²) < 4.78 is 4.77. The maximum Gasteiger partial charge on any atom is 0.0726 e. The third kappa shape index (κ3) is 14.3. The Balaban J connectivity index is 0.000000146. The van der Waals surface area contributed by atoms with Crippen LogP contribution in [0, 0.1) is 13.8 Å². The first kappa shape index (κ1) is 84.5. The molecule has 27 rings (SSSR count). The van der Waals surface area contributed by atoms with Crippen LogP contribution in [-0.2, 0) is 10.8 Å². The number of aryl methyl sites for hydroxylation is 2. The Morgan fingerprint density at radius 3 is 0.796 bits per heavy atom. The number of rotatable bonds is 16. The standard InChI is InChI=1S/C73H48N2.C65H50N2/c1-2-16-49(17-3-1)50-34-36-55(37-35-50)59-18-7-13-27-70(59)74(58-46-47-63-62-21-6-12-26-68(62)73(69(63)48-58)66-24-10-4-19-60(66)61-20-5-11-25-67(61)73)56-42-38-53(39-43-56)51-30-32-52(33-31-51)54-40-44-57(45-41-54)75-71-28-14-8-22-64(71)65-23-9-15-29-72(65)75;1-43-18-38-63-58(40-43)59-41-44(2)19-39-64(59)67(63)53-34-30-50(31-35-53)48-22-20-47(21-23-48)49-28-32-52(33-29-49)66(54-36-37-57-56-15-8-10-16-60(56)65(3,4)61(57)42-54)62-17-11-9-14-55(62)51-26-24-46(25-27-51)45-12-6-5-7-13-45/h1-48H;5-42H,1-4H3. The molecule has 3 aliphatic rings. The zero-order chi connectivity index (χ0) is 94.7. The van der Waals surface area contributed by atoms with Gasteiger partial charge in [-0.25, -0.2) is 0 Å². The van der Waals surface area contributed by atoms with Gasteiger partial charge < -0.3 is 18.9 Å². The van der Waals surface area contributed by atoms with Crippen molar-refractivity contribution < 1.29 is 0 Å². The Hall–Kier alpha value is -18.0. The molecule has 0 saturated heterocycles. The molecule has 0 saturated carbocycles. The van der Waals surface area contributed by atoms with Gasteiger partial charge in [0.15, 0.2) is 0 Å². The maximum absolute atomic E-state index is 2.49. The van der Waals surface area contributed by atoms with E-state index in [1.807, 2.05) is 0 Å². The van der Waals surface area contributed by atoms with Crippen LogP contribution in [0.4, 0.5) is 34.1 Å². The number of nitrogens with zero attached hydrogens (tertiary/aromatic N) is 4. The lowest BCUT2D eigenvalue weighted by atomic mass is 9.70. The van der Waals surface area contributed by atoms with E-state index >= 15 is 0 Å². The van der Waals surface area contributed by atoms with Crippen molar-refractivity contribution in [2.45, 2.75) is 38.5 Å². The van der Waals surface area contributed by atoms with Crippen molar-refractivity contribution in [1.82, 2.24) is 9.13 Å². The Kier molecular flexibility index (Phi) is 20.6. The number of aromatic nitrogens is 2. The molecule has 2 heterocycles. The molecule has 0 fully saturated rings. The van der Waals surface area contributed by atoms with Crippen LogP contribution in [0.5, 0.6) is 0 Å². The summed E-state index contributed by atoms with van der Waals surface area (Å²) in [6.07, 6.45) is 0. The molecular formula is C138H98N4. The van der Waals surface area contributed by atoms with Crippen LogP contribution in [0.1, 0.15) is 58.4 Å². The van der Waals surface area contributed by atoms with Gasteiger partial charge in [-0.05, 0) is 280 Å². The van der Waals surface area contributed by atoms with Gasteiger partial charge in [0.1, 0.15) is 0 Å². The summed E-state index contributed by atoms with van der Waals surface area (Å²) >= 11 is 0. The largest absolute Gasteiger partial charge is 0.310 e. The molecule has 0 N–H and O–H groups in total. The van der Waals surface area contributed by atoms with Gasteiger partial charge >= 0.3 is 0 Å². The van der Waals surface area contributed by atoms with Gasteiger partial charge in [0.25, 0.3) is 0 Å². The zero-order valence-electron chi connectivity index (χ0n) is 79.4. The number of benzene rings is 22. The topological polar surface area (TPSA) is 16.3 Å². The third-order valence-corrected chi connectivity index (χ3v) is 30.2. The van der Waals surface area contributed by atoms with Crippen molar-refractivity contribution in [2.24, 2.45) is 0 Å². The van der Waals surface area contributed by atoms with E-state index in [0.29, 0.717) is 0 Å². The predicted molar refractivity (Wildman–Crippen MR) is 598 cm³/mol. The van der Waals surface area contributed by atoms with Crippen LogP contribution in [0.25, 0.3) is 177 Å². The average molecular weight is 1810 g/mol. The quantitative estimate of drug-likeness (QED) is 0.0959. The first-order valence-electron chi connectivity index (χ1n) is 49.4. The van der Waals surface area contributed by atoms with E-state index in [0.717, 1.165) is 50.9 Å². The Morgan fingerprint density at radius 2 is 0.423 bits per heavy atom. The summed E-state index contributed by atoms with van der Waals surface area (Å²) in [6, 6.07) is 193. The van der Waals surface area contributed by atoms with Crippen molar-refractivity contribution in [3.8, 4) is 134 Å². The second-order valence-electron chi connectivity index (χ2n) is 38.7. The van der Waals surface area contributed by atoms with Gasteiger partial charge in [0.2, 0.25) is 0 Å². The van der Waals surface area contributed by atoms with Gasteiger partial charge in [0.05, 0.1) is 38.9 Å². The minimum Gasteiger partial charge on any atom is -0.310 e. The molecule has 0 bridgehead atoms. The first-order chi connectivity index (χ1) is 70.0. The monoisotopic (exact) mass is 1810 g/mol. The minimum absolute atomic E-state index is 0.122. The lowest BCUT2D eigenvalue weighted by molar-refractivity contribution is 0.660. The first-order valence-corrected chi connectivity index (χ1v) is 49.4. The molecule has 4 nitrogen and oxygen atoms in total. The van der Waals surface area contributed by atoms with Gasteiger partial charge in [-0.1, -0.05) is 425 Å². The zero-order valence-corrected chi connectivity index (χ0v) is 79.4. The van der Waals surface area contributed by atoms with Crippen molar-refractivity contribution in [2.75, 3.05) is 9.80 Å². The van der Waals surface area contributed by atoms with E-state index in [9.17, 15) is 0 Å². The van der Waals surface area contributed by atoms with Crippen LogP contribution >= 0.6 is 0 Å². The van der Waals surface area contributed by atoms with Crippen molar-refractivity contribution in [1.29, 1.82) is 0 Å². The highest BCUT2D eigenvalue weighted by Gasteiger charge is 2.52. The van der Waals surface area contributed by atoms with E-state index in [1.165, 1.54) is 205 Å². The van der Waals surface area contributed by atoms with E-state index in [4.69, 9.17) is 0 Å². The molecule has 3 aliphatic carbocycles. The smallest absolute Gasteiger partial charge is 0.0726 e. The van der Waals surface area contributed by atoms with Gasteiger partial charge in [0, 0.05) is 72.2 Å². The van der Waals surface area contributed by atoms with E-state index in [1.54, 1.807) is 0 Å². The molecule has 24 aromatic rings. The Bertz CT molecular complexity index is 8820. The molecular weight excluding hydrogens is 1710 g/mol. The molecule has 0 amide bonds. The second kappa shape index (κ2) is 34.6. The fourth-order valence-electron chi connectivity index (χ4n) is 23.3. The normalized spacial score (nSPS) is 12.6. The SMILES string of the molecule is Cc1ccc2c(c1)c1cc(C)ccc1n2-c1ccc(-c2ccc(-c3ccc(N(c4ccc5c(c4)C(C)(C)c4ccccc4-5)c4ccccc4-c4ccc(-c5ccccc5)cc4)cc3)cc2)cc1.c1ccc(-c2ccc(-c3ccccc3N(c3ccc(-c4ccc(-c5ccc(-n6c7ccccc7c7ccccc76)cc5)cc4)cc3)c3ccc4c(c3)C3(c5ccccc5-c5ccccc53)c3ccccc3-4)cc2)cc1. The molecule has 1 spiro atoms. The summed E-state index contributed by atoms with van der Waals surface area (Å²) in [6.45, 7) is 9.06. The Labute approximate surface area is 829 Å². The van der Waals surface area contributed by atoms with Crippen LogP contribution < -0.4 is 9.80 Å². The average Bonchev–Trinajstić information content (AvgIpc) is 1.51. The Morgan fingerprint density at radius 1 is 0.169 bits per heavy atom. The van der Waals surface area contributed by atoms with Crippen molar-refractivity contribution in [3.05, 3.63) is 566 Å². The third-order valence-electron chi connectivity index (χ3n) is 30.2. The highest BCUT2D eigenvalue weighted by Crippen LogP contribution is 2.64. The molecule has 142 heavy (non-hydrogen) atoms. The molecule has 0 aliphatic heterocycles. The highest BCUT2D eigenvalue weighted by molar-refractivity contribution is 6.11. The minimum atomic E-state index is -0.460. The second-order valence-corrected chi connectivity index (χ2v) is 38.7. The van der Waals surface area contributed by atoms with Crippen LogP contribution in [0.2, 0.25) is 0 Å². The van der Waals surface area contributed by atoms with Gasteiger partial charge in [-0.15, -0.1) is 0 Å². The van der Waals surface area contributed by atoms with E-state index < -0.39 is 5.41 Å². The van der Waals surface area contributed by atoms with Gasteiger partial charge in [-0.3, -0.25) is 0 Å². The lowest BCUT2D eigenvalue weighted by Gasteiger charge is -2.32. The highest BCUT2D eigenvalue weighted by atomic mass is 15.2. The summed E-state index contributed by atoms with van der Waals surface area (Å²) in [5.74, 6) is 0. The molecule has 0 atom stereocenters. The number of hydrogen-bond acceptors (Lipinski definition) is 2. The summed E-state index contributed by atoms with van der Waals surface area (Å²) in [7, 11) is 0. The molecule has 2 aromatic heterocycles. The number of fused-ring (bicyclic) bond motifs is 19. The van der Waals surface area contributed by atoms with Crippen molar-refractivity contribution >= 4 is 77.7 Å². The van der Waals surface area contributed by atoms with Crippen molar-refractivity contribution in [3.63, 3.8) is 0 Å². The van der Waals surface area contributed by atoms with E-state index in [2.05, 4.69) is 568 Å². The fraction of sp³-hybridized carbons (Fsp3) is 0.0435. The molecule has 0 unspecified atom stereocenters. The lowest BCUT2D eigenvalue weighted by Crippen LogP contribution is -2.26. The van der Waals surface area contributed by atoms with Gasteiger partial charge in [-0.2, -0.15) is 0 Å². The fourth-order valence-corrected chi connectivity index (χ4v) is 23.3. The summed E-state index contributed by atoms with van der Waals surface area (Å²) in [5, 5.41) is 5.14. The molecule has 0 radical (unpaired) electrons. The van der Waals surface area contributed by atoms with Crippen LogP contribution in [-0.4, -0.2) is 9.13 Å². The summed E-state index contributed by atoms with van der Waals surface area (Å²) in [5.41, 5.74) is 50.8. The van der Waals surface area contributed by atoms with Crippen LogP contribution in [0.3, 0.4) is 0 Å².